The molecule has 5 nitrogen and oxygen atoms in total. The van der Waals surface area contributed by atoms with Gasteiger partial charge in [0, 0.05) is 37.8 Å². The molecule has 2 aromatic rings. The van der Waals surface area contributed by atoms with Crippen LogP contribution in [-0.2, 0) is 0 Å². The van der Waals surface area contributed by atoms with Gasteiger partial charge in [0.2, 0.25) is 5.95 Å². The first-order valence-electron chi connectivity index (χ1n) is 7.81. The summed E-state index contributed by atoms with van der Waals surface area (Å²) >= 11 is 0. The summed E-state index contributed by atoms with van der Waals surface area (Å²) in [6.45, 7) is 3.14. The van der Waals surface area contributed by atoms with Crippen molar-refractivity contribution in [3.63, 3.8) is 0 Å². The maximum absolute atomic E-state index is 5.80. The minimum Gasteiger partial charge on any atom is -0.384 e. The Morgan fingerprint density at radius 1 is 1.04 bits per heavy atom. The molecule has 7 heteroatoms. The molecule has 0 spiro atoms. The van der Waals surface area contributed by atoms with E-state index in [0.717, 1.165) is 25.6 Å². The standard InChI is InChI=1S/C17H21N5.2ClH/c1-21-9-13-10-22(17-19-8-7-15(18)20-17)11-14(13)16(21)12-5-3-2-4-6-12;;/h2-8,13-14,16H,9-11H2,1H3,(H2,18,19,20);2*1H/t13-,14+,16-;;/m0../s1. The monoisotopic (exact) mass is 367 g/mol. The lowest BCUT2D eigenvalue weighted by Crippen LogP contribution is -2.30. The van der Waals surface area contributed by atoms with Crippen molar-refractivity contribution in [1.82, 2.24) is 14.9 Å². The highest BCUT2D eigenvalue weighted by molar-refractivity contribution is 5.85. The fourth-order valence-corrected chi connectivity index (χ4v) is 4.09. The molecule has 0 radical (unpaired) electrons. The van der Waals surface area contributed by atoms with Crippen LogP contribution < -0.4 is 10.6 Å². The van der Waals surface area contributed by atoms with E-state index in [9.17, 15) is 0 Å². The minimum absolute atomic E-state index is 0. The Morgan fingerprint density at radius 3 is 2.50 bits per heavy atom. The smallest absolute Gasteiger partial charge is 0.227 e. The van der Waals surface area contributed by atoms with Gasteiger partial charge in [0.15, 0.2) is 0 Å². The van der Waals surface area contributed by atoms with Gasteiger partial charge in [-0.25, -0.2) is 4.98 Å². The SMILES string of the molecule is CN1C[C@H]2CN(c3nccc(N)n3)C[C@H]2[C@@H]1c1ccccc1.Cl.Cl. The first-order chi connectivity index (χ1) is 10.7. The molecule has 1 aromatic heterocycles. The van der Waals surface area contributed by atoms with E-state index in [1.165, 1.54) is 5.56 Å². The average Bonchev–Trinajstić information content (AvgIpc) is 3.04. The fourth-order valence-electron chi connectivity index (χ4n) is 4.09. The molecule has 2 saturated heterocycles. The number of benzene rings is 1. The van der Waals surface area contributed by atoms with E-state index in [2.05, 4.69) is 57.1 Å². The Bertz CT molecular complexity index is 669. The molecular weight excluding hydrogens is 345 g/mol. The zero-order chi connectivity index (χ0) is 15.1. The molecule has 2 aliphatic rings. The lowest BCUT2D eigenvalue weighted by molar-refractivity contribution is 0.279. The zero-order valence-electron chi connectivity index (χ0n) is 13.6. The lowest BCUT2D eigenvalue weighted by atomic mass is 9.90. The third-order valence-electron chi connectivity index (χ3n) is 4.98. The molecule has 1 aromatic carbocycles. The number of hydrogen-bond donors (Lipinski definition) is 1. The third-order valence-corrected chi connectivity index (χ3v) is 4.98. The van der Waals surface area contributed by atoms with Crippen LogP contribution >= 0.6 is 24.8 Å². The van der Waals surface area contributed by atoms with E-state index < -0.39 is 0 Å². The molecule has 0 aliphatic carbocycles. The van der Waals surface area contributed by atoms with Gasteiger partial charge in [0.05, 0.1) is 0 Å². The summed E-state index contributed by atoms with van der Waals surface area (Å²) < 4.78 is 0. The van der Waals surface area contributed by atoms with E-state index in [4.69, 9.17) is 5.73 Å². The number of fused-ring (bicyclic) bond motifs is 1. The van der Waals surface area contributed by atoms with Crippen molar-refractivity contribution in [2.24, 2.45) is 11.8 Å². The number of likely N-dealkylation sites (tertiary alicyclic amines) is 1. The summed E-state index contributed by atoms with van der Waals surface area (Å²) in [6.07, 6.45) is 1.74. The Balaban J connectivity index is 0.00000104. The van der Waals surface area contributed by atoms with Crippen LogP contribution in [0.25, 0.3) is 0 Å². The maximum Gasteiger partial charge on any atom is 0.227 e. The van der Waals surface area contributed by atoms with Crippen LogP contribution in [0.5, 0.6) is 0 Å². The van der Waals surface area contributed by atoms with Gasteiger partial charge in [-0.1, -0.05) is 30.3 Å². The van der Waals surface area contributed by atoms with E-state index in [-0.39, 0.29) is 24.8 Å². The van der Waals surface area contributed by atoms with Gasteiger partial charge in [-0.2, -0.15) is 4.98 Å². The topological polar surface area (TPSA) is 58.3 Å². The summed E-state index contributed by atoms with van der Waals surface area (Å²) in [5, 5.41) is 0. The second-order valence-electron chi connectivity index (χ2n) is 6.41. The predicted octanol–water partition coefficient (Wildman–Crippen LogP) is 2.64. The minimum atomic E-state index is 0. The fraction of sp³-hybridized carbons (Fsp3) is 0.412. The van der Waals surface area contributed by atoms with Crippen LogP contribution in [0.4, 0.5) is 11.8 Å². The summed E-state index contributed by atoms with van der Waals surface area (Å²) in [7, 11) is 2.23. The molecule has 3 atom stereocenters. The Morgan fingerprint density at radius 2 is 1.79 bits per heavy atom. The van der Waals surface area contributed by atoms with Crippen molar-refractivity contribution in [2.45, 2.75) is 6.04 Å². The van der Waals surface area contributed by atoms with Crippen molar-refractivity contribution in [2.75, 3.05) is 37.3 Å². The molecule has 0 bridgehead atoms. The van der Waals surface area contributed by atoms with Gasteiger partial charge in [-0.05, 0) is 24.6 Å². The molecule has 3 heterocycles. The summed E-state index contributed by atoms with van der Waals surface area (Å²) in [6, 6.07) is 13.0. The highest BCUT2D eigenvalue weighted by Gasteiger charge is 2.46. The number of nitrogens with two attached hydrogens (primary N) is 1. The van der Waals surface area contributed by atoms with Gasteiger partial charge < -0.3 is 10.6 Å². The van der Waals surface area contributed by atoms with Crippen LogP contribution in [0.3, 0.4) is 0 Å². The number of nitrogens with zero attached hydrogens (tertiary/aromatic N) is 4. The van der Waals surface area contributed by atoms with Crippen LogP contribution in [-0.4, -0.2) is 41.5 Å². The Kier molecular flexibility index (Phi) is 5.91. The molecule has 24 heavy (non-hydrogen) atoms. The normalized spacial score (nSPS) is 25.7. The summed E-state index contributed by atoms with van der Waals surface area (Å²) in [5.74, 6) is 2.60. The first-order valence-corrected chi connectivity index (χ1v) is 7.81. The lowest BCUT2D eigenvalue weighted by Gasteiger charge is -2.26. The van der Waals surface area contributed by atoms with Crippen molar-refractivity contribution in [1.29, 1.82) is 0 Å². The second kappa shape index (κ2) is 7.55. The van der Waals surface area contributed by atoms with Crippen LogP contribution in [0.1, 0.15) is 11.6 Å². The van der Waals surface area contributed by atoms with E-state index in [1.54, 1.807) is 12.3 Å². The highest BCUT2D eigenvalue weighted by Crippen LogP contribution is 2.44. The third kappa shape index (κ3) is 3.29. The molecular formula is C17H23Cl2N5. The van der Waals surface area contributed by atoms with Gasteiger partial charge in [0.25, 0.3) is 0 Å². The number of halogens is 2. The van der Waals surface area contributed by atoms with E-state index >= 15 is 0 Å². The largest absolute Gasteiger partial charge is 0.384 e. The number of hydrogen-bond acceptors (Lipinski definition) is 5. The molecule has 130 valence electrons. The van der Waals surface area contributed by atoms with E-state index in [1.807, 2.05) is 0 Å². The van der Waals surface area contributed by atoms with Gasteiger partial charge in [0.1, 0.15) is 5.82 Å². The maximum atomic E-state index is 5.80. The molecule has 0 amide bonds. The second-order valence-corrected chi connectivity index (χ2v) is 6.41. The van der Waals surface area contributed by atoms with Crippen molar-refractivity contribution >= 4 is 36.6 Å². The Labute approximate surface area is 155 Å². The molecule has 0 saturated carbocycles. The van der Waals surface area contributed by atoms with Crippen molar-refractivity contribution in [3.8, 4) is 0 Å². The zero-order valence-corrected chi connectivity index (χ0v) is 15.2. The highest BCUT2D eigenvalue weighted by atomic mass is 35.5. The molecule has 2 aliphatic heterocycles. The van der Waals surface area contributed by atoms with Crippen molar-refractivity contribution < 1.29 is 0 Å². The molecule has 2 N–H and O–H groups in total. The Hall–Kier alpha value is -1.56. The first kappa shape index (κ1) is 18.8. The van der Waals surface area contributed by atoms with Crippen LogP contribution in [0.2, 0.25) is 0 Å². The van der Waals surface area contributed by atoms with Gasteiger partial charge >= 0.3 is 0 Å². The molecule has 4 rings (SSSR count). The number of aromatic nitrogens is 2. The summed E-state index contributed by atoms with van der Waals surface area (Å²) in [5.41, 5.74) is 7.21. The van der Waals surface area contributed by atoms with E-state index in [0.29, 0.717) is 23.7 Å². The molecule has 2 fully saturated rings. The van der Waals surface area contributed by atoms with Crippen molar-refractivity contribution in [3.05, 3.63) is 48.2 Å². The number of nitrogen functional groups attached to an aromatic ring is 1. The predicted molar refractivity (Wildman–Crippen MR) is 102 cm³/mol. The number of rotatable bonds is 2. The average molecular weight is 368 g/mol. The van der Waals surface area contributed by atoms with Crippen LogP contribution in [0.15, 0.2) is 42.6 Å². The quantitative estimate of drug-likeness (QED) is 0.883. The number of anilines is 2. The van der Waals surface area contributed by atoms with Gasteiger partial charge in [-0.15, -0.1) is 24.8 Å². The van der Waals surface area contributed by atoms with Gasteiger partial charge in [-0.3, -0.25) is 4.90 Å². The van der Waals surface area contributed by atoms with Crippen LogP contribution in [0, 0.1) is 11.8 Å². The molecule has 0 unspecified atom stereocenters. The summed E-state index contributed by atoms with van der Waals surface area (Å²) in [4.78, 5) is 13.5.